The van der Waals surface area contributed by atoms with Crippen LogP contribution in [0, 0.1) is 22.7 Å². The molecule has 0 radical (unpaired) electrons. The number of rotatable bonds is 5. The normalized spacial score (nSPS) is 41.8. The molecule has 6 rings (SSSR count). The molecule has 5 nitrogen and oxygen atoms in total. The topological polar surface area (TPSA) is 62.2 Å². The minimum Gasteiger partial charge on any atom is -0.504 e. The largest absolute Gasteiger partial charge is 0.504 e. The second-order valence-electron chi connectivity index (χ2n) is 13.9. The standard InChI is InChI=1S/C30H45NO4/c1-8-30(34-7)21(28(6,33)26(2,3)4)16-27(5)22-15-19-11-12-20(32)24-23(19)29(27,25(30)35-24)13-14-31(22)17-18-9-10-18/h11-12,18,21-22,25,32-33H,8-10,13-17H2,1-7H3/t21-,22-,25-,27-,28-,29+,30-/m1/s1. The van der Waals surface area contributed by atoms with E-state index >= 15 is 0 Å². The second kappa shape index (κ2) is 7.17. The smallest absolute Gasteiger partial charge is 0.165 e. The number of nitrogens with zero attached hydrogens (tertiary/aromatic N) is 1. The van der Waals surface area contributed by atoms with Gasteiger partial charge in [0.05, 0.1) is 5.60 Å². The molecule has 7 atom stereocenters. The van der Waals surface area contributed by atoms with Crippen LogP contribution in [0.4, 0.5) is 0 Å². The highest BCUT2D eigenvalue weighted by Gasteiger charge is 2.78. The van der Waals surface area contributed by atoms with E-state index in [1.54, 1.807) is 0 Å². The Morgan fingerprint density at radius 3 is 2.51 bits per heavy atom. The van der Waals surface area contributed by atoms with Gasteiger partial charge < -0.3 is 19.7 Å². The zero-order valence-electron chi connectivity index (χ0n) is 22.8. The van der Waals surface area contributed by atoms with Crippen molar-refractivity contribution in [2.75, 3.05) is 20.2 Å². The summed E-state index contributed by atoms with van der Waals surface area (Å²) in [6.07, 6.45) is 6.11. The average Bonchev–Trinajstić information content (AvgIpc) is 3.53. The van der Waals surface area contributed by atoms with Crippen LogP contribution >= 0.6 is 0 Å². The van der Waals surface area contributed by atoms with E-state index in [9.17, 15) is 10.2 Å². The third-order valence-electron chi connectivity index (χ3n) is 11.7. The van der Waals surface area contributed by atoms with Gasteiger partial charge in [-0.15, -0.1) is 0 Å². The van der Waals surface area contributed by atoms with E-state index in [2.05, 4.69) is 45.6 Å². The van der Waals surface area contributed by atoms with Crippen LogP contribution in [-0.4, -0.2) is 58.7 Å². The minimum absolute atomic E-state index is 0.0893. The number of aliphatic hydroxyl groups is 1. The fraction of sp³-hybridized carbons (Fsp3) is 0.800. The van der Waals surface area contributed by atoms with Crippen molar-refractivity contribution in [3.63, 3.8) is 0 Å². The maximum Gasteiger partial charge on any atom is 0.165 e. The third kappa shape index (κ3) is 2.76. The molecule has 0 aromatic heterocycles. The highest BCUT2D eigenvalue weighted by molar-refractivity contribution is 5.62. The van der Waals surface area contributed by atoms with Crippen molar-refractivity contribution >= 4 is 0 Å². The van der Waals surface area contributed by atoms with Gasteiger partial charge >= 0.3 is 0 Å². The number of methoxy groups -OCH3 is 1. The molecule has 5 heteroatoms. The molecule has 0 unspecified atom stereocenters. The van der Waals surface area contributed by atoms with Gasteiger partial charge in [-0.2, -0.15) is 0 Å². The molecule has 5 aliphatic rings. The number of piperidine rings is 1. The molecule has 35 heavy (non-hydrogen) atoms. The Bertz CT molecular complexity index is 1040. The summed E-state index contributed by atoms with van der Waals surface area (Å²) >= 11 is 0. The van der Waals surface area contributed by atoms with E-state index in [1.807, 2.05) is 20.1 Å². The number of benzene rings is 1. The van der Waals surface area contributed by atoms with Crippen LogP contribution in [0.3, 0.4) is 0 Å². The molecule has 1 aromatic rings. The Balaban J connectivity index is 1.60. The van der Waals surface area contributed by atoms with Crippen LogP contribution < -0.4 is 4.74 Å². The molecule has 194 valence electrons. The van der Waals surface area contributed by atoms with Gasteiger partial charge in [-0.3, -0.25) is 4.90 Å². The van der Waals surface area contributed by atoms with E-state index in [0.717, 1.165) is 38.1 Å². The number of phenolic OH excluding ortho intramolecular Hbond substituents is 1. The van der Waals surface area contributed by atoms with Crippen LogP contribution in [-0.2, 0) is 16.6 Å². The van der Waals surface area contributed by atoms with Crippen molar-refractivity contribution in [2.24, 2.45) is 22.7 Å². The predicted octanol–water partition coefficient (Wildman–Crippen LogP) is 5.05. The molecule has 3 aliphatic carbocycles. The molecule has 2 saturated carbocycles. The number of aromatic hydroxyl groups is 1. The van der Waals surface area contributed by atoms with Crippen LogP contribution in [0.15, 0.2) is 12.1 Å². The first kappa shape index (κ1) is 24.1. The molecule has 2 heterocycles. The van der Waals surface area contributed by atoms with E-state index < -0.39 is 11.2 Å². The zero-order chi connectivity index (χ0) is 25.2. The minimum atomic E-state index is -0.959. The fourth-order valence-electron chi connectivity index (χ4n) is 9.09. The molecule has 1 aromatic carbocycles. The van der Waals surface area contributed by atoms with E-state index in [1.165, 1.54) is 30.5 Å². The van der Waals surface area contributed by atoms with Gasteiger partial charge in [-0.1, -0.05) is 40.7 Å². The summed E-state index contributed by atoms with van der Waals surface area (Å²) in [6, 6.07) is 4.37. The molecule has 3 fully saturated rings. The molecule has 2 N–H and O–H groups in total. The maximum atomic E-state index is 12.3. The number of phenols is 1. The van der Waals surface area contributed by atoms with E-state index in [0.29, 0.717) is 11.8 Å². The highest BCUT2D eigenvalue weighted by atomic mass is 16.6. The molecular weight excluding hydrogens is 438 g/mol. The Morgan fingerprint density at radius 1 is 1.20 bits per heavy atom. The van der Waals surface area contributed by atoms with Gasteiger partial charge in [-0.25, -0.2) is 0 Å². The average molecular weight is 484 g/mol. The van der Waals surface area contributed by atoms with Gasteiger partial charge in [0.1, 0.15) is 11.7 Å². The quantitative estimate of drug-likeness (QED) is 0.614. The summed E-state index contributed by atoms with van der Waals surface area (Å²) in [6.45, 7) is 15.4. The Kier molecular flexibility index (Phi) is 4.93. The van der Waals surface area contributed by atoms with Gasteiger partial charge in [0.2, 0.25) is 0 Å². The van der Waals surface area contributed by atoms with Crippen molar-refractivity contribution in [1.29, 1.82) is 0 Å². The summed E-state index contributed by atoms with van der Waals surface area (Å²) in [7, 11) is 1.81. The lowest BCUT2D eigenvalue weighted by atomic mass is 9.38. The molecule has 1 saturated heterocycles. The van der Waals surface area contributed by atoms with Crippen LogP contribution in [0.2, 0.25) is 0 Å². The molecular formula is C30H45NO4. The monoisotopic (exact) mass is 483 g/mol. The summed E-state index contributed by atoms with van der Waals surface area (Å²) < 4.78 is 13.5. The summed E-state index contributed by atoms with van der Waals surface area (Å²) in [5.41, 5.74) is 0.332. The number of likely N-dealkylation sites (tertiary alicyclic amines) is 1. The first-order chi connectivity index (χ1) is 16.4. The SMILES string of the molecule is CC[C@]1(OC)[C@@H]2Oc3c(O)ccc4c3[C@@]23CCN(CC2CC2)[C@H](C4)[C@@]3(C)C[C@@H]1[C@@](C)(O)C(C)(C)C. The highest BCUT2D eigenvalue weighted by Crippen LogP contribution is 2.73. The second-order valence-corrected chi connectivity index (χ2v) is 13.9. The lowest BCUT2D eigenvalue weighted by molar-refractivity contribution is -0.277. The molecule has 1 spiro atoms. The van der Waals surface area contributed by atoms with Crippen molar-refractivity contribution < 1.29 is 19.7 Å². The predicted molar refractivity (Wildman–Crippen MR) is 137 cm³/mol. The van der Waals surface area contributed by atoms with Crippen molar-refractivity contribution in [1.82, 2.24) is 4.90 Å². The summed E-state index contributed by atoms with van der Waals surface area (Å²) in [4.78, 5) is 2.78. The Labute approximate surface area is 211 Å². The van der Waals surface area contributed by atoms with Crippen molar-refractivity contribution in [2.45, 2.75) is 109 Å². The maximum absolute atomic E-state index is 12.3. The van der Waals surface area contributed by atoms with E-state index in [-0.39, 0.29) is 34.0 Å². The summed E-state index contributed by atoms with van der Waals surface area (Å²) in [5, 5.41) is 23.3. The lowest BCUT2D eigenvalue weighted by Gasteiger charge is -2.71. The molecule has 0 amide bonds. The van der Waals surface area contributed by atoms with Crippen LogP contribution in [0.25, 0.3) is 0 Å². The number of hydrogen-bond donors (Lipinski definition) is 2. The van der Waals surface area contributed by atoms with Gasteiger partial charge in [-0.05, 0) is 80.4 Å². The van der Waals surface area contributed by atoms with Crippen LogP contribution in [0.1, 0.15) is 84.8 Å². The number of ether oxygens (including phenoxy) is 2. The molecule has 2 aliphatic heterocycles. The van der Waals surface area contributed by atoms with Crippen molar-refractivity contribution in [3.8, 4) is 11.5 Å². The third-order valence-corrected chi connectivity index (χ3v) is 11.7. The first-order valence-electron chi connectivity index (χ1n) is 13.9. The fourth-order valence-corrected chi connectivity index (χ4v) is 9.09. The van der Waals surface area contributed by atoms with Crippen LogP contribution in [0.5, 0.6) is 11.5 Å². The Hall–Kier alpha value is -1.30. The zero-order valence-corrected chi connectivity index (χ0v) is 22.8. The van der Waals surface area contributed by atoms with E-state index in [4.69, 9.17) is 9.47 Å². The van der Waals surface area contributed by atoms with Gasteiger partial charge in [0.25, 0.3) is 0 Å². The van der Waals surface area contributed by atoms with Gasteiger partial charge in [0.15, 0.2) is 11.5 Å². The molecule has 2 bridgehead atoms. The first-order valence-corrected chi connectivity index (χ1v) is 13.9. The lowest BCUT2D eigenvalue weighted by Crippen LogP contribution is -2.79. The van der Waals surface area contributed by atoms with Gasteiger partial charge in [0, 0.05) is 36.6 Å². The summed E-state index contributed by atoms with van der Waals surface area (Å²) in [5.74, 6) is 1.66. The number of hydrogen-bond acceptors (Lipinski definition) is 5. The van der Waals surface area contributed by atoms with Crippen molar-refractivity contribution in [3.05, 3.63) is 23.3 Å². The Morgan fingerprint density at radius 2 is 1.91 bits per heavy atom.